The number of methoxy groups -OCH3 is 1. The van der Waals surface area contributed by atoms with Crippen molar-refractivity contribution in [3.63, 3.8) is 0 Å². The Hall–Kier alpha value is -2.66. The minimum atomic E-state index is -0.0161. The Balaban J connectivity index is 1.63. The molecular formula is C21H22N2O2S. The Kier molecular flexibility index (Phi) is 6.02. The van der Waals surface area contributed by atoms with Crippen LogP contribution in [0.4, 0.5) is 0 Å². The third-order valence-corrected chi connectivity index (χ3v) is 5.12. The van der Waals surface area contributed by atoms with E-state index in [4.69, 9.17) is 4.74 Å². The maximum absolute atomic E-state index is 12.5. The average molecular weight is 366 g/mol. The molecule has 0 spiro atoms. The highest BCUT2D eigenvalue weighted by Gasteiger charge is 2.15. The van der Waals surface area contributed by atoms with Crippen molar-refractivity contribution in [3.05, 3.63) is 71.2 Å². The first kappa shape index (κ1) is 18.1. The molecule has 0 aliphatic rings. The molecule has 26 heavy (non-hydrogen) atoms. The zero-order valence-corrected chi connectivity index (χ0v) is 15.8. The average Bonchev–Trinajstić information content (AvgIpc) is 3.15. The van der Waals surface area contributed by atoms with Gasteiger partial charge in [0.25, 0.3) is 0 Å². The van der Waals surface area contributed by atoms with Crippen LogP contribution in [-0.2, 0) is 11.2 Å². The van der Waals surface area contributed by atoms with E-state index in [0.29, 0.717) is 0 Å². The quantitative estimate of drug-likeness (QED) is 0.663. The van der Waals surface area contributed by atoms with Crippen LogP contribution in [0.5, 0.6) is 5.75 Å². The molecule has 1 amide bonds. The molecule has 4 nitrogen and oxygen atoms in total. The lowest BCUT2D eigenvalue weighted by Gasteiger charge is -2.17. The van der Waals surface area contributed by atoms with E-state index in [-0.39, 0.29) is 18.4 Å². The summed E-state index contributed by atoms with van der Waals surface area (Å²) in [5.41, 5.74) is 2.95. The summed E-state index contributed by atoms with van der Waals surface area (Å²) in [6.45, 7) is 2.06. The molecule has 5 heteroatoms. The first-order chi connectivity index (χ1) is 12.7. The van der Waals surface area contributed by atoms with Crippen LogP contribution in [0.25, 0.3) is 10.6 Å². The molecule has 1 unspecified atom stereocenters. The van der Waals surface area contributed by atoms with E-state index in [2.05, 4.69) is 17.2 Å². The molecule has 2 aromatic carbocycles. The van der Waals surface area contributed by atoms with Gasteiger partial charge >= 0.3 is 0 Å². The summed E-state index contributed by atoms with van der Waals surface area (Å²) in [6, 6.07) is 17.8. The summed E-state index contributed by atoms with van der Waals surface area (Å²) in [5.74, 6) is 0.795. The lowest BCUT2D eigenvalue weighted by molar-refractivity contribution is -0.121. The molecule has 0 saturated carbocycles. The number of nitrogens with zero attached hydrogens (tertiary/aromatic N) is 1. The van der Waals surface area contributed by atoms with Gasteiger partial charge in [-0.1, -0.05) is 49.4 Å². The number of hydrogen-bond acceptors (Lipinski definition) is 4. The van der Waals surface area contributed by atoms with Gasteiger partial charge in [-0.2, -0.15) is 0 Å². The van der Waals surface area contributed by atoms with Gasteiger partial charge in [0.2, 0.25) is 5.91 Å². The molecule has 1 atom stereocenters. The van der Waals surface area contributed by atoms with E-state index >= 15 is 0 Å². The van der Waals surface area contributed by atoms with Crippen molar-refractivity contribution in [2.24, 2.45) is 0 Å². The number of aromatic nitrogens is 1. The third kappa shape index (κ3) is 4.49. The van der Waals surface area contributed by atoms with Crippen LogP contribution < -0.4 is 10.1 Å². The molecular weight excluding hydrogens is 344 g/mol. The zero-order valence-electron chi connectivity index (χ0n) is 14.9. The number of amides is 1. The molecule has 1 N–H and O–H groups in total. The summed E-state index contributed by atoms with van der Waals surface area (Å²) >= 11 is 1.56. The number of ether oxygens (including phenoxy) is 1. The molecule has 134 valence electrons. The SMILES string of the molecule is CCC(NC(=O)Cc1csc(-c2ccccc2)n1)c1ccc(OC)cc1. The molecule has 0 fully saturated rings. The third-order valence-electron chi connectivity index (χ3n) is 4.18. The zero-order chi connectivity index (χ0) is 18.4. The van der Waals surface area contributed by atoms with Gasteiger partial charge in [-0.25, -0.2) is 4.98 Å². The van der Waals surface area contributed by atoms with E-state index in [1.165, 1.54) is 0 Å². The summed E-state index contributed by atoms with van der Waals surface area (Å²) in [7, 11) is 1.64. The van der Waals surface area contributed by atoms with Crippen molar-refractivity contribution < 1.29 is 9.53 Å². The van der Waals surface area contributed by atoms with Crippen molar-refractivity contribution in [2.75, 3.05) is 7.11 Å². The first-order valence-corrected chi connectivity index (χ1v) is 9.50. The standard InChI is InChI=1S/C21H22N2O2S/c1-3-19(15-9-11-18(25-2)12-10-15)23-20(24)13-17-14-26-21(22-17)16-7-5-4-6-8-16/h4-12,14,19H,3,13H2,1-2H3,(H,23,24). The maximum Gasteiger partial charge on any atom is 0.226 e. The molecule has 0 aliphatic carbocycles. The maximum atomic E-state index is 12.5. The summed E-state index contributed by atoms with van der Waals surface area (Å²) in [5, 5.41) is 6.00. The van der Waals surface area contributed by atoms with E-state index in [1.54, 1.807) is 18.4 Å². The minimum Gasteiger partial charge on any atom is -0.497 e. The van der Waals surface area contributed by atoms with Crippen molar-refractivity contribution in [3.8, 4) is 16.3 Å². The fraction of sp³-hybridized carbons (Fsp3) is 0.238. The van der Waals surface area contributed by atoms with Gasteiger partial charge in [0.1, 0.15) is 10.8 Å². The van der Waals surface area contributed by atoms with Crippen LogP contribution in [0.1, 0.15) is 30.6 Å². The van der Waals surface area contributed by atoms with Crippen LogP contribution >= 0.6 is 11.3 Å². The van der Waals surface area contributed by atoms with Crippen LogP contribution in [0.15, 0.2) is 60.0 Å². The molecule has 0 aliphatic heterocycles. The normalized spacial score (nSPS) is 11.8. The van der Waals surface area contributed by atoms with Gasteiger partial charge in [0, 0.05) is 10.9 Å². The van der Waals surface area contributed by atoms with Gasteiger partial charge in [0.05, 0.1) is 25.3 Å². The van der Waals surface area contributed by atoms with E-state index in [0.717, 1.165) is 34.0 Å². The van der Waals surface area contributed by atoms with Crippen molar-refractivity contribution in [2.45, 2.75) is 25.8 Å². The summed E-state index contributed by atoms with van der Waals surface area (Å²) in [4.78, 5) is 17.0. The molecule has 1 heterocycles. The Labute approximate surface area is 157 Å². The molecule has 3 aromatic rings. The van der Waals surface area contributed by atoms with Gasteiger partial charge in [-0.3, -0.25) is 4.79 Å². The Morgan fingerprint density at radius 2 is 1.88 bits per heavy atom. The number of carbonyl (C=O) groups excluding carboxylic acids is 1. The fourth-order valence-corrected chi connectivity index (χ4v) is 3.59. The minimum absolute atomic E-state index is 0.0133. The smallest absolute Gasteiger partial charge is 0.226 e. The monoisotopic (exact) mass is 366 g/mol. The molecule has 0 bridgehead atoms. The topological polar surface area (TPSA) is 51.2 Å². The van der Waals surface area contributed by atoms with E-state index in [9.17, 15) is 4.79 Å². The first-order valence-electron chi connectivity index (χ1n) is 8.62. The number of carbonyl (C=O) groups is 1. The van der Waals surface area contributed by atoms with Gasteiger partial charge in [0.15, 0.2) is 0 Å². The second-order valence-corrected chi connectivity index (χ2v) is 6.85. The number of hydrogen-bond donors (Lipinski definition) is 1. The highest BCUT2D eigenvalue weighted by atomic mass is 32.1. The van der Waals surface area contributed by atoms with Crippen molar-refractivity contribution in [1.29, 1.82) is 0 Å². The Morgan fingerprint density at radius 3 is 2.54 bits per heavy atom. The Morgan fingerprint density at radius 1 is 1.15 bits per heavy atom. The van der Waals surface area contributed by atoms with Crippen molar-refractivity contribution in [1.82, 2.24) is 10.3 Å². The second kappa shape index (κ2) is 8.63. The number of nitrogens with one attached hydrogen (secondary N) is 1. The van der Waals surface area contributed by atoms with E-state index in [1.807, 2.05) is 60.0 Å². The molecule has 0 radical (unpaired) electrons. The van der Waals surface area contributed by atoms with Gasteiger partial charge in [-0.05, 0) is 24.1 Å². The number of thiazole rings is 1. The number of benzene rings is 2. The lowest BCUT2D eigenvalue weighted by atomic mass is 10.0. The largest absolute Gasteiger partial charge is 0.497 e. The van der Waals surface area contributed by atoms with Gasteiger partial charge in [-0.15, -0.1) is 11.3 Å². The lowest BCUT2D eigenvalue weighted by Crippen LogP contribution is -2.29. The summed E-state index contributed by atoms with van der Waals surface area (Å²) in [6.07, 6.45) is 1.11. The molecule has 3 rings (SSSR count). The van der Waals surface area contributed by atoms with Crippen LogP contribution in [0, 0.1) is 0 Å². The number of rotatable bonds is 7. The van der Waals surface area contributed by atoms with E-state index < -0.39 is 0 Å². The fourth-order valence-electron chi connectivity index (χ4n) is 2.77. The molecule has 0 saturated heterocycles. The highest BCUT2D eigenvalue weighted by Crippen LogP contribution is 2.24. The van der Waals surface area contributed by atoms with Crippen LogP contribution in [0.2, 0.25) is 0 Å². The van der Waals surface area contributed by atoms with Crippen molar-refractivity contribution >= 4 is 17.2 Å². The van der Waals surface area contributed by atoms with Gasteiger partial charge < -0.3 is 10.1 Å². The van der Waals surface area contributed by atoms with Crippen LogP contribution in [-0.4, -0.2) is 18.0 Å². The second-order valence-electron chi connectivity index (χ2n) is 5.99. The Bertz CT molecular complexity index is 844. The predicted octanol–water partition coefficient (Wildman–Crippen LogP) is 4.63. The predicted molar refractivity (Wildman–Crippen MR) is 105 cm³/mol. The van der Waals surface area contributed by atoms with Crippen LogP contribution in [0.3, 0.4) is 0 Å². The summed E-state index contributed by atoms with van der Waals surface area (Å²) < 4.78 is 5.19. The molecule has 1 aromatic heterocycles. The highest BCUT2D eigenvalue weighted by molar-refractivity contribution is 7.13.